The molecule has 2 atom stereocenters. The fraction of sp³-hybridized carbons (Fsp3) is 0.412. The van der Waals surface area contributed by atoms with Gasteiger partial charge in [0.2, 0.25) is 0 Å². The molecule has 3 N–H and O–H groups in total. The van der Waals surface area contributed by atoms with Crippen molar-refractivity contribution >= 4 is 16.8 Å². The maximum absolute atomic E-state index is 12.5. The number of nitrogens with two attached hydrogens (primary N) is 1. The van der Waals surface area contributed by atoms with Crippen molar-refractivity contribution < 1.29 is 4.79 Å². The first-order chi connectivity index (χ1) is 10.1. The second kappa shape index (κ2) is 5.82. The van der Waals surface area contributed by atoms with Gasteiger partial charge < -0.3 is 11.1 Å². The number of fused-ring (bicyclic) bond motifs is 1. The molecule has 0 spiro atoms. The van der Waals surface area contributed by atoms with Gasteiger partial charge in [-0.05, 0) is 44.2 Å². The third kappa shape index (κ3) is 3.05. The molecule has 4 heteroatoms. The average molecular weight is 283 g/mol. The van der Waals surface area contributed by atoms with Crippen molar-refractivity contribution in [3.63, 3.8) is 0 Å². The predicted octanol–water partition coefficient (Wildman–Crippen LogP) is 2.40. The molecule has 1 heterocycles. The van der Waals surface area contributed by atoms with Gasteiger partial charge in [-0.15, -0.1) is 0 Å². The second-order valence-electron chi connectivity index (χ2n) is 5.98. The Morgan fingerprint density at radius 1 is 1.38 bits per heavy atom. The van der Waals surface area contributed by atoms with E-state index in [-0.39, 0.29) is 5.91 Å². The molecule has 110 valence electrons. The molecular weight excluding hydrogens is 262 g/mol. The van der Waals surface area contributed by atoms with E-state index in [1.807, 2.05) is 37.3 Å². The Morgan fingerprint density at radius 2 is 2.19 bits per heavy atom. The lowest BCUT2D eigenvalue weighted by Crippen LogP contribution is -2.29. The molecule has 2 aromatic rings. The standard InChI is InChI=1S/C17H21N3O/c1-11-8-15(14-4-2-3-5-16(14)20-11)17(21)19-10-12-6-7-13(18)9-12/h2-5,8,12-13H,6-7,9-10,18H2,1H3,(H,19,21). The van der Waals surface area contributed by atoms with Gasteiger partial charge in [0.25, 0.3) is 5.91 Å². The first-order valence-corrected chi connectivity index (χ1v) is 7.53. The van der Waals surface area contributed by atoms with Crippen molar-refractivity contribution in [1.82, 2.24) is 10.3 Å². The number of aromatic nitrogens is 1. The quantitative estimate of drug-likeness (QED) is 0.909. The maximum Gasteiger partial charge on any atom is 0.252 e. The van der Waals surface area contributed by atoms with E-state index in [0.717, 1.165) is 35.9 Å². The van der Waals surface area contributed by atoms with Crippen LogP contribution in [0.4, 0.5) is 0 Å². The molecule has 1 aliphatic carbocycles. The molecule has 21 heavy (non-hydrogen) atoms. The lowest BCUT2D eigenvalue weighted by molar-refractivity contribution is 0.0948. The van der Waals surface area contributed by atoms with Crippen molar-refractivity contribution in [2.24, 2.45) is 11.7 Å². The zero-order valence-corrected chi connectivity index (χ0v) is 12.3. The van der Waals surface area contributed by atoms with Crippen LogP contribution in [0.2, 0.25) is 0 Å². The molecule has 0 radical (unpaired) electrons. The highest BCUT2D eigenvalue weighted by Crippen LogP contribution is 2.23. The molecule has 1 fully saturated rings. The van der Waals surface area contributed by atoms with E-state index in [1.54, 1.807) is 0 Å². The predicted molar refractivity (Wildman–Crippen MR) is 84.1 cm³/mol. The Morgan fingerprint density at radius 3 is 2.95 bits per heavy atom. The Kier molecular flexibility index (Phi) is 3.88. The number of aryl methyl sites for hydroxylation is 1. The van der Waals surface area contributed by atoms with Crippen LogP contribution in [0.15, 0.2) is 30.3 Å². The minimum atomic E-state index is -0.0165. The van der Waals surface area contributed by atoms with Gasteiger partial charge in [-0.2, -0.15) is 0 Å². The van der Waals surface area contributed by atoms with Gasteiger partial charge in [-0.3, -0.25) is 9.78 Å². The zero-order valence-electron chi connectivity index (χ0n) is 12.3. The summed E-state index contributed by atoms with van der Waals surface area (Å²) in [4.78, 5) is 16.9. The number of nitrogens with one attached hydrogen (secondary N) is 1. The number of amides is 1. The van der Waals surface area contributed by atoms with Crippen LogP contribution in [0.25, 0.3) is 10.9 Å². The minimum Gasteiger partial charge on any atom is -0.352 e. The first-order valence-electron chi connectivity index (χ1n) is 7.53. The molecule has 4 nitrogen and oxygen atoms in total. The van der Waals surface area contributed by atoms with Crippen LogP contribution >= 0.6 is 0 Å². The molecule has 1 aliphatic rings. The van der Waals surface area contributed by atoms with Crippen molar-refractivity contribution in [3.05, 3.63) is 41.6 Å². The number of carbonyl (C=O) groups excluding carboxylic acids is 1. The van der Waals surface area contributed by atoms with Gasteiger partial charge in [-0.1, -0.05) is 18.2 Å². The van der Waals surface area contributed by atoms with Crippen LogP contribution in [0, 0.1) is 12.8 Å². The van der Waals surface area contributed by atoms with Crippen molar-refractivity contribution in [1.29, 1.82) is 0 Å². The lowest BCUT2D eigenvalue weighted by atomic mass is 10.1. The highest BCUT2D eigenvalue weighted by atomic mass is 16.1. The molecule has 1 saturated carbocycles. The normalized spacial score (nSPS) is 21.6. The van der Waals surface area contributed by atoms with Gasteiger partial charge in [-0.25, -0.2) is 0 Å². The van der Waals surface area contributed by atoms with Crippen LogP contribution in [0.1, 0.15) is 35.3 Å². The molecule has 3 rings (SSSR count). The molecule has 2 unspecified atom stereocenters. The van der Waals surface area contributed by atoms with E-state index in [9.17, 15) is 4.79 Å². The Balaban J connectivity index is 1.78. The van der Waals surface area contributed by atoms with E-state index in [1.165, 1.54) is 0 Å². The number of pyridine rings is 1. The first kappa shape index (κ1) is 14.0. The number of rotatable bonds is 3. The smallest absolute Gasteiger partial charge is 0.252 e. The van der Waals surface area contributed by atoms with Gasteiger partial charge in [0.05, 0.1) is 11.1 Å². The van der Waals surface area contributed by atoms with E-state index in [0.29, 0.717) is 24.1 Å². The van der Waals surface area contributed by atoms with Gasteiger partial charge in [0.15, 0.2) is 0 Å². The number of carbonyl (C=O) groups is 1. The zero-order chi connectivity index (χ0) is 14.8. The van der Waals surface area contributed by atoms with Crippen molar-refractivity contribution in [2.45, 2.75) is 32.2 Å². The second-order valence-corrected chi connectivity index (χ2v) is 5.98. The summed E-state index contributed by atoms with van der Waals surface area (Å²) in [6.07, 6.45) is 3.19. The van der Waals surface area contributed by atoms with Gasteiger partial charge in [0, 0.05) is 23.7 Å². The van der Waals surface area contributed by atoms with Crippen LogP contribution in [0.3, 0.4) is 0 Å². The van der Waals surface area contributed by atoms with Crippen molar-refractivity contribution in [3.8, 4) is 0 Å². The number of nitrogens with zero attached hydrogens (tertiary/aromatic N) is 1. The van der Waals surface area contributed by atoms with E-state index in [2.05, 4.69) is 10.3 Å². The number of benzene rings is 1. The Bertz CT molecular complexity index is 668. The largest absolute Gasteiger partial charge is 0.352 e. The van der Waals surface area contributed by atoms with E-state index < -0.39 is 0 Å². The molecule has 1 aromatic heterocycles. The van der Waals surface area contributed by atoms with Gasteiger partial charge in [0.1, 0.15) is 0 Å². The van der Waals surface area contributed by atoms with Crippen LogP contribution < -0.4 is 11.1 Å². The summed E-state index contributed by atoms with van der Waals surface area (Å²) in [6.45, 7) is 2.63. The van der Waals surface area contributed by atoms with Crippen molar-refractivity contribution in [2.75, 3.05) is 6.54 Å². The number of hydrogen-bond acceptors (Lipinski definition) is 3. The molecule has 0 bridgehead atoms. The monoisotopic (exact) mass is 283 g/mol. The summed E-state index contributed by atoms with van der Waals surface area (Å²) in [5, 5.41) is 3.96. The fourth-order valence-electron chi connectivity index (χ4n) is 3.13. The summed E-state index contributed by atoms with van der Waals surface area (Å²) in [6, 6.07) is 9.92. The Labute approximate surface area is 124 Å². The molecule has 1 aromatic carbocycles. The van der Waals surface area contributed by atoms with Crippen LogP contribution in [-0.2, 0) is 0 Å². The van der Waals surface area contributed by atoms with E-state index >= 15 is 0 Å². The molecule has 1 amide bonds. The summed E-state index contributed by atoms with van der Waals surface area (Å²) in [5.41, 5.74) is 8.35. The Hall–Kier alpha value is -1.94. The average Bonchev–Trinajstić information content (AvgIpc) is 2.89. The fourth-order valence-corrected chi connectivity index (χ4v) is 3.13. The third-order valence-electron chi connectivity index (χ3n) is 4.22. The highest BCUT2D eigenvalue weighted by molar-refractivity contribution is 6.06. The number of para-hydroxylation sites is 1. The third-order valence-corrected chi connectivity index (χ3v) is 4.22. The lowest BCUT2D eigenvalue weighted by Gasteiger charge is -2.12. The van der Waals surface area contributed by atoms with Crippen LogP contribution in [-0.4, -0.2) is 23.5 Å². The molecular formula is C17H21N3O. The summed E-state index contributed by atoms with van der Waals surface area (Å²) < 4.78 is 0. The van der Waals surface area contributed by atoms with Crippen LogP contribution in [0.5, 0.6) is 0 Å². The summed E-state index contributed by atoms with van der Waals surface area (Å²) >= 11 is 0. The topological polar surface area (TPSA) is 68.0 Å². The molecule has 0 aliphatic heterocycles. The SMILES string of the molecule is Cc1cc(C(=O)NCC2CCC(N)C2)c2ccccc2n1. The minimum absolute atomic E-state index is 0.0165. The van der Waals surface area contributed by atoms with Gasteiger partial charge >= 0.3 is 0 Å². The summed E-state index contributed by atoms with van der Waals surface area (Å²) in [5.74, 6) is 0.496. The number of hydrogen-bond donors (Lipinski definition) is 2. The summed E-state index contributed by atoms with van der Waals surface area (Å²) in [7, 11) is 0. The molecule has 0 saturated heterocycles. The highest BCUT2D eigenvalue weighted by Gasteiger charge is 2.22. The van der Waals surface area contributed by atoms with E-state index in [4.69, 9.17) is 5.73 Å². The maximum atomic E-state index is 12.5.